The van der Waals surface area contributed by atoms with Crippen molar-refractivity contribution in [2.45, 2.75) is 39.5 Å². The largest absolute Gasteiger partial charge is 0.229 e. The van der Waals surface area contributed by atoms with Gasteiger partial charge in [-0.25, -0.2) is 8.42 Å². The van der Waals surface area contributed by atoms with Crippen LogP contribution in [0.25, 0.3) is 0 Å². The minimum atomic E-state index is -2.63. The van der Waals surface area contributed by atoms with Gasteiger partial charge in [0, 0.05) is 0 Å². The lowest BCUT2D eigenvalue weighted by Gasteiger charge is -2.46. The van der Waals surface area contributed by atoms with Gasteiger partial charge < -0.3 is 0 Å². The normalized spacial score (nSPS) is 30.5. The first-order chi connectivity index (χ1) is 6.43. The minimum absolute atomic E-state index is 0.213. The number of sulfone groups is 1. The molecule has 3 heteroatoms. The molecule has 1 saturated heterocycles. The molecule has 2 nitrogen and oxygen atoms in total. The highest BCUT2D eigenvalue weighted by Gasteiger charge is 2.49. The standard InChI is InChI=1S/C11H20O2S/c1-9(2)10-3-5-11(6-4-10)7-14(12,13)8-11/h9-10H,3-8H2,1-2H3. The van der Waals surface area contributed by atoms with E-state index in [2.05, 4.69) is 13.8 Å². The molecule has 0 radical (unpaired) electrons. The van der Waals surface area contributed by atoms with E-state index < -0.39 is 9.84 Å². The van der Waals surface area contributed by atoms with Gasteiger partial charge in [0.05, 0.1) is 11.5 Å². The zero-order valence-electron chi connectivity index (χ0n) is 9.12. The minimum Gasteiger partial charge on any atom is -0.229 e. The zero-order chi connectivity index (χ0) is 10.4. The fraction of sp³-hybridized carbons (Fsp3) is 1.00. The maximum atomic E-state index is 11.2. The molecule has 0 bridgehead atoms. The molecule has 14 heavy (non-hydrogen) atoms. The Morgan fingerprint density at radius 3 is 2.00 bits per heavy atom. The SMILES string of the molecule is CC(C)C1CCC2(CC1)CS(=O)(=O)C2. The van der Waals surface area contributed by atoms with E-state index in [1.165, 1.54) is 12.8 Å². The summed E-state index contributed by atoms with van der Waals surface area (Å²) in [7, 11) is -2.63. The van der Waals surface area contributed by atoms with Crippen molar-refractivity contribution in [3.05, 3.63) is 0 Å². The predicted molar refractivity (Wildman–Crippen MR) is 57.9 cm³/mol. The van der Waals surface area contributed by atoms with E-state index in [0.717, 1.165) is 24.7 Å². The summed E-state index contributed by atoms with van der Waals surface area (Å²) in [5, 5.41) is 0. The van der Waals surface area contributed by atoms with Crippen LogP contribution in [0, 0.1) is 17.3 Å². The smallest absolute Gasteiger partial charge is 0.151 e. The van der Waals surface area contributed by atoms with Gasteiger partial charge in [-0.15, -0.1) is 0 Å². The van der Waals surface area contributed by atoms with Crippen LogP contribution in [0.2, 0.25) is 0 Å². The van der Waals surface area contributed by atoms with Gasteiger partial charge in [-0.1, -0.05) is 13.8 Å². The third kappa shape index (κ3) is 1.83. The van der Waals surface area contributed by atoms with Gasteiger partial charge in [-0.3, -0.25) is 0 Å². The van der Waals surface area contributed by atoms with Gasteiger partial charge in [0.2, 0.25) is 0 Å². The van der Waals surface area contributed by atoms with Crippen LogP contribution in [-0.2, 0) is 9.84 Å². The zero-order valence-corrected chi connectivity index (χ0v) is 9.94. The molecule has 0 unspecified atom stereocenters. The number of hydrogen-bond acceptors (Lipinski definition) is 2. The van der Waals surface area contributed by atoms with Gasteiger partial charge >= 0.3 is 0 Å². The summed E-state index contributed by atoms with van der Waals surface area (Å²) in [5.74, 6) is 2.56. The van der Waals surface area contributed by atoms with Crippen LogP contribution in [-0.4, -0.2) is 19.9 Å². The fourth-order valence-electron chi connectivity index (χ4n) is 3.10. The Morgan fingerprint density at radius 2 is 1.64 bits per heavy atom. The molecule has 0 aromatic rings. The second-order valence-electron chi connectivity index (χ2n) is 5.61. The van der Waals surface area contributed by atoms with Crippen molar-refractivity contribution in [1.29, 1.82) is 0 Å². The van der Waals surface area contributed by atoms with Gasteiger partial charge in [0.15, 0.2) is 9.84 Å². The Kier molecular flexibility index (Phi) is 2.41. The third-order valence-corrected chi connectivity index (χ3v) is 6.19. The molecule has 1 aliphatic carbocycles. The van der Waals surface area contributed by atoms with E-state index in [4.69, 9.17) is 0 Å². The molecule has 1 heterocycles. The molecule has 0 N–H and O–H groups in total. The molecule has 2 rings (SSSR count). The molecule has 2 fully saturated rings. The van der Waals surface area contributed by atoms with Gasteiger partial charge in [-0.2, -0.15) is 0 Å². The van der Waals surface area contributed by atoms with Crippen molar-refractivity contribution >= 4 is 9.84 Å². The van der Waals surface area contributed by atoms with E-state index >= 15 is 0 Å². The molecular weight excluding hydrogens is 196 g/mol. The lowest BCUT2D eigenvalue weighted by molar-refractivity contribution is 0.152. The highest BCUT2D eigenvalue weighted by Crippen LogP contribution is 2.48. The van der Waals surface area contributed by atoms with Crippen LogP contribution in [0.15, 0.2) is 0 Å². The quantitative estimate of drug-likeness (QED) is 0.673. The molecule has 1 aliphatic heterocycles. The van der Waals surface area contributed by atoms with Crippen LogP contribution in [0.4, 0.5) is 0 Å². The summed E-state index contributed by atoms with van der Waals surface area (Å²) in [6.07, 6.45) is 4.78. The second-order valence-corrected chi connectivity index (χ2v) is 7.68. The summed E-state index contributed by atoms with van der Waals surface area (Å²) in [5.41, 5.74) is 0.213. The maximum Gasteiger partial charge on any atom is 0.151 e. The lowest BCUT2D eigenvalue weighted by Crippen LogP contribution is -2.50. The summed E-state index contributed by atoms with van der Waals surface area (Å²) < 4.78 is 22.4. The van der Waals surface area contributed by atoms with Crippen molar-refractivity contribution in [3.63, 3.8) is 0 Å². The van der Waals surface area contributed by atoms with E-state index in [9.17, 15) is 8.42 Å². The third-order valence-electron chi connectivity index (χ3n) is 4.09. The van der Waals surface area contributed by atoms with E-state index in [1.807, 2.05) is 0 Å². The average molecular weight is 216 g/mol. The van der Waals surface area contributed by atoms with E-state index in [0.29, 0.717) is 11.5 Å². The van der Waals surface area contributed by atoms with E-state index in [-0.39, 0.29) is 5.41 Å². The highest BCUT2D eigenvalue weighted by atomic mass is 32.2. The molecule has 2 aliphatic rings. The molecular formula is C11H20O2S. The molecule has 0 atom stereocenters. The van der Waals surface area contributed by atoms with Crippen molar-refractivity contribution < 1.29 is 8.42 Å². The Morgan fingerprint density at radius 1 is 1.14 bits per heavy atom. The summed E-state index contributed by atoms with van der Waals surface area (Å²) in [6, 6.07) is 0. The van der Waals surface area contributed by atoms with Gasteiger partial charge in [-0.05, 0) is 42.9 Å². The van der Waals surface area contributed by atoms with Crippen LogP contribution in [0.1, 0.15) is 39.5 Å². The molecule has 1 saturated carbocycles. The first-order valence-electron chi connectivity index (χ1n) is 5.63. The molecule has 1 spiro atoms. The first-order valence-corrected chi connectivity index (χ1v) is 7.45. The second kappa shape index (κ2) is 3.22. The monoisotopic (exact) mass is 216 g/mol. The van der Waals surface area contributed by atoms with E-state index in [1.54, 1.807) is 0 Å². The fourth-order valence-corrected chi connectivity index (χ4v) is 5.46. The van der Waals surface area contributed by atoms with Crippen molar-refractivity contribution in [1.82, 2.24) is 0 Å². The topological polar surface area (TPSA) is 34.1 Å². The summed E-state index contributed by atoms with van der Waals surface area (Å²) in [6.45, 7) is 4.56. The van der Waals surface area contributed by atoms with Crippen molar-refractivity contribution in [2.24, 2.45) is 17.3 Å². The van der Waals surface area contributed by atoms with Gasteiger partial charge in [0.1, 0.15) is 0 Å². The Hall–Kier alpha value is -0.0500. The van der Waals surface area contributed by atoms with Gasteiger partial charge in [0.25, 0.3) is 0 Å². The van der Waals surface area contributed by atoms with Crippen LogP contribution < -0.4 is 0 Å². The Labute approximate surface area is 87.0 Å². The Balaban J connectivity index is 1.92. The van der Waals surface area contributed by atoms with Crippen LogP contribution in [0.3, 0.4) is 0 Å². The Bertz CT molecular complexity index is 294. The summed E-state index contributed by atoms with van der Waals surface area (Å²) in [4.78, 5) is 0. The predicted octanol–water partition coefficient (Wildman–Crippen LogP) is 2.25. The summed E-state index contributed by atoms with van der Waals surface area (Å²) >= 11 is 0. The van der Waals surface area contributed by atoms with Crippen molar-refractivity contribution in [3.8, 4) is 0 Å². The van der Waals surface area contributed by atoms with Crippen LogP contribution >= 0.6 is 0 Å². The molecule has 0 aromatic carbocycles. The number of hydrogen-bond donors (Lipinski definition) is 0. The highest BCUT2D eigenvalue weighted by molar-refractivity contribution is 7.92. The van der Waals surface area contributed by atoms with Crippen LogP contribution in [0.5, 0.6) is 0 Å². The molecule has 0 amide bonds. The molecule has 0 aromatic heterocycles. The first kappa shape index (κ1) is 10.5. The lowest BCUT2D eigenvalue weighted by atomic mass is 9.69. The van der Waals surface area contributed by atoms with Crippen molar-refractivity contribution in [2.75, 3.05) is 11.5 Å². The maximum absolute atomic E-state index is 11.2. The molecule has 82 valence electrons. The number of rotatable bonds is 1. The average Bonchev–Trinajstić information content (AvgIpc) is 2.01.